The molecule has 0 aromatic rings. The summed E-state index contributed by atoms with van der Waals surface area (Å²) < 4.78 is 0. The van der Waals surface area contributed by atoms with Crippen molar-refractivity contribution in [3.63, 3.8) is 0 Å². The van der Waals surface area contributed by atoms with Crippen LogP contribution >= 0.6 is 0 Å². The van der Waals surface area contributed by atoms with E-state index < -0.39 is 11.4 Å². The van der Waals surface area contributed by atoms with Crippen LogP contribution < -0.4 is 0 Å². The van der Waals surface area contributed by atoms with E-state index >= 15 is 0 Å². The Bertz CT molecular complexity index is 384. The van der Waals surface area contributed by atoms with Crippen molar-refractivity contribution < 1.29 is 14.7 Å². The Morgan fingerprint density at radius 1 is 1.29 bits per heavy atom. The maximum Gasteiger partial charge on any atom is 0.320 e. The minimum Gasteiger partial charge on any atom is -0.481 e. The highest BCUT2D eigenvalue weighted by Gasteiger charge is 2.49. The third-order valence-electron chi connectivity index (χ3n) is 4.98. The first-order valence-corrected chi connectivity index (χ1v) is 8.05. The predicted molar refractivity (Wildman–Crippen MR) is 83.2 cm³/mol. The fraction of sp³-hybridized carbons (Fsp3) is 0.875. The van der Waals surface area contributed by atoms with E-state index in [0.29, 0.717) is 32.0 Å². The second kappa shape index (κ2) is 7.14. The molecule has 0 saturated carbocycles. The fourth-order valence-electron chi connectivity index (χ4n) is 2.94. The lowest BCUT2D eigenvalue weighted by Crippen LogP contribution is -2.46. The molecule has 122 valence electrons. The molecule has 21 heavy (non-hydrogen) atoms. The van der Waals surface area contributed by atoms with Gasteiger partial charge in [-0.1, -0.05) is 34.1 Å². The van der Waals surface area contributed by atoms with Crippen LogP contribution in [0, 0.1) is 17.3 Å². The van der Waals surface area contributed by atoms with E-state index in [0.717, 1.165) is 13.0 Å². The number of likely N-dealkylation sites (tertiary alicyclic amines) is 1. The Kier molecular flexibility index (Phi) is 6.05. The average molecular weight is 298 g/mol. The van der Waals surface area contributed by atoms with Gasteiger partial charge < -0.3 is 14.9 Å². The van der Waals surface area contributed by atoms with Gasteiger partial charge in [-0.05, 0) is 25.2 Å². The predicted octanol–water partition coefficient (Wildman–Crippen LogP) is 2.91. The Morgan fingerprint density at radius 3 is 2.29 bits per heavy atom. The van der Waals surface area contributed by atoms with E-state index in [-0.39, 0.29) is 11.9 Å². The highest BCUT2D eigenvalue weighted by molar-refractivity contribution is 5.80. The number of nitrogens with zero attached hydrogens (tertiary/aromatic N) is 2. The van der Waals surface area contributed by atoms with Crippen molar-refractivity contribution in [1.82, 2.24) is 9.80 Å². The van der Waals surface area contributed by atoms with E-state index in [1.54, 1.807) is 4.90 Å². The van der Waals surface area contributed by atoms with Crippen molar-refractivity contribution in [3.8, 4) is 0 Å². The summed E-state index contributed by atoms with van der Waals surface area (Å²) in [6.07, 6.45) is 1.58. The van der Waals surface area contributed by atoms with Crippen molar-refractivity contribution in [2.24, 2.45) is 17.3 Å². The number of hydrogen-bond donors (Lipinski definition) is 1. The molecule has 1 aliphatic rings. The molecule has 1 saturated heterocycles. The number of urea groups is 1. The smallest absolute Gasteiger partial charge is 0.320 e. The summed E-state index contributed by atoms with van der Waals surface area (Å²) in [5.41, 5.74) is -0.786. The molecule has 0 aromatic carbocycles. The van der Waals surface area contributed by atoms with Crippen LogP contribution in [0.15, 0.2) is 0 Å². The van der Waals surface area contributed by atoms with Gasteiger partial charge in [-0.25, -0.2) is 4.79 Å². The molecule has 0 aromatic heterocycles. The molecular formula is C16H30N2O3. The maximum absolute atomic E-state index is 12.6. The lowest BCUT2D eigenvalue weighted by atomic mass is 9.76. The van der Waals surface area contributed by atoms with Crippen LogP contribution in [-0.2, 0) is 4.79 Å². The molecule has 0 bridgehead atoms. The summed E-state index contributed by atoms with van der Waals surface area (Å²) in [4.78, 5) is 27.8. The molecule has 0 aliphatic carbocycles. The van der Waals surface area contributed by atoms with Crippen molar-refractivity contribution >= 4 is 12.0 Å². The SMILES string of the molecule is CCC(C)CN(CC)C(=O)N1CCC(C(=O)O)(C(C)C)C1. The molecule has 2 amide bonds. The van der Waals surface area contributed by atoms with Crippen LogP contribution in [0.4, 0.5) is 4.79 Å². The van der Waals surface area contributed by atoms with Crippen molar-refractivity contribution in [1.29, 1.82) is 0 Å². The second-order valence-corrected chi connectivity index (χ2v) is 6.62. The number of carbonyl (C=O) groups excluding carboxylic acids is 1. The third kappa shape index (κ3) is 3.69. The van der Waals surface area contributed by atoms with Gasteiger partial charge in [-0.15, -0.1) is 0 Å². The molecule has 0 spiro atoms. The van der Waals surface area contributed by atoms with Gasteiger partial charge in [0.05, 0.1) is 5.41 Å². The Morgan fingerprint density at radius 2 is 1.90 bits per heavy atom. The summed E-state index contributed by atoms with van der Waals surface area (Å²) >= 11 is 0. The monoisotopic (exact) mass is 298 g/mol. The van der Waals surface area contributed by atoms with Gasteiger partial charge in [0, 0.05) is 26.2 Å². The third-order valence-corrected chi connectivity index (χ3v) is 4.98. The minimum atomic E-state index is -0.786. The Labute approximate surface area is 128 Å². The number of aliphatic carboxylic acids is 1. The topological polar surface area (TPSA) is 60.9 Å². The Balaban J connectivity index is 2.78. The number of carbonyl (C=O) groups is 2. The molecule has 1 aliphatic heterocycles. The molecule has 1 heterocycles. The normalized spacial score (nSPS) is 23.4. The summed E-state index contributed by atoms with van der Waals surface area (Å²) in [6, 6.07) is -0.0124. The van der Waals surface area contributed by atoms with Gasteiger partial charge in [-0.2, -0.15) is 0 Å². The number of hydrogen-bond acceptors (Lipinski definition) is 2. The average Bonchev–Trinajstić information content (AvgIpc) is 2.90. The summed E-state index contributed by atoms with van der Waals surface area (Å²) in [5.74, 6) is -0.291. The number of carboxylic acids is 1. The highest BCUT2D eigenvalue weighted by Crippen LogP contribution is 2.38. The van der Waals surface area contributed by atoms with Crippen LogP contribution in [0.2, 0.25) is 0 Å². The van der Waals surface area contributed by atoms with E-state index in [1.165, 1.54) is 0 Å². The van der Waals surface area contributed by atoms with Gasteiger partial charge in [0.2, 0.25) is 0 Å². The lowest BCUT2D eigenvalue weighted by molar-refractivity contribution is -0.150. The Hall–Kier alpha value is -1.26. The quantitative estimate of drug-likeness (QED) is 0.820. The first-order chi connectivity index (χ1) is 9.78. The van der Waals surface area contributed by atoms with Crippen LogP contribution in [0.1, 0.15) is 47.5 Å². The van der Waals surface area contributed by atoms with Crippen LogP contribution in [0.3, 0.4) is 0 Å². The van der Waals surface area contributed by atoms with Crippen molar-refractivity contribution in [2.75, 3.05) is 26.2 Å². The largest absolute Gasteiger partial charge is 0.481 e. The standard InChI is InChI=1S/C16H30N2O3/c1-6-13(5)10-17(7-2)15(21)18-9-8-16(11-18,12(3)4)14(19)20/h12-13H,6-11H2,1-5H3,(H,19,20). The summed E-state index contributed by atoms with van der Waals surface area (Å²) in [6.45, 7) is 12.4. The van der Waals surface area contributed by atoms with E-state index in [2.05, 4.69) is 13.8 Å². The number of carboxylic acid groups (broad SMARTS) is 1. The first kappa shape index (κ1) is 17.8. The molecular weight excluding hydrogens is 268 g/mol. The molecule has 2 atom stereocenters. The molecule has 5 nitrogen and oxygen atoms in total. The molecule has 2 unspecified atom stereocenters. The molecule has 0 radical (unpaired) electrons. The van der Waals surface area contributed by atoms with Crippen LogP contribution in [-0.4, -0.2) is 53.1 Å². The fourth-order valence-corrected chi connectivity index (χ4v) is 2.94. The first-order valence-electron chi connectivity index (χ1n) is 8.05. The summed E-state index contributed by atoms with van der Waals surface area (Å²) in [7, 11) is 0. The van der Waals surface area contributed by atoms with E-state index in [1.807, 2.05) is 25.7 Å². The molecule has 1 rings (SSSR count). The lowest BCUT2D eigenvalue weighted by Gasteiger charge is -2.32. The highest BCUT2D eigenvalue weighted by atomic mass is 16.4. The zero-order valence-electron chi connectivity index (χ0n) is 14.1. The molecule has 1 N–H and O–H groups in total. The van der Waals surface area contributed by atoms with Crippen molar-refractivity contribution in [2.45, 2.75) is 47.5 Å². The van der Waals surface area contributed by atoms with Gasteiger partial charge in [-0.3, -0.25) is 4.79 Å². The van der Waals surface area contributed by atoms with E-state index in [9.17, 15) is 14.7 Å². The van der Waals surface area contributed by atoms with Crippen LogP contribution in [0.5, 0.6) is 0 Å². The zero-order chi connectivity index (χ0) is 16.2. The second-order valence-electron chi connectivity index (χ2n) is 6.62. The molecule has 1 fully saturated rings. The number of rotatable bonds is 6. The van der Waals surface area contributed by atoms with Gasteiger partial charge >= 0.3 is 12.0 Å². The minimum absolute atomic E-state index is 0.0124. The van der Waals surface area contributed by atoms with Gasteiger partial charge in [0.25, 0.3) is 0 Å². The van der Waals surface area contributed by atoms with E-state index in [4.69, 9.17) is 0 Å². The summed E-state index contributed by atoms with van der Waals surface area (Å²) in [5, 5.41) is 9.56. The number of amides is 2. The van der Waals surface area contributed by atoms with Gasteiger partial charge in [0.15, 0.2) is 0 Å². The zero-order valence-corrected chi connectivity index (χ0v) is 14.1. The van der Waals surface area contributed by atoms with Crippen LogP contribution in [0.25, 0.3) is 0 Å². The maximum atomic E-state index is 12.6. The van der Waals surface area contributed by atoms with Gasteiger partial charge in [0.1, 0.15) is 0 Å². The molecule has 5 heteroatoms. The van der Waals surface area contributed by atoms with Crippen molar-refractivity contribution in [3.05, 3.63) is 0 Å².